The normalized spacial score (nSPS) is 15.5. The molecule has 1 atom stereocenters. The van der Waals surface area contributed by atoms with Gasteiger partial charge in [-0.2, -0.15) is 0 Å². The molecule has 3 heterocycles. The van der Waals surface area contributed by atoms with Crippen LogP contribution in [0.15, 0.2) is 48.8 Å². The van der Waals surface area contributed by atoms with Crippen LogP contribution in [0, 0.1) is 0 Å². The standard InChI is InChI=1S/C21H19N3O4/c1-13(8-14-2-4-18-19(9-14)28-12-27-18)21-22-6-7-24(21)15-3-5-17-16(10-15)23-20(25)11-26-17/h2-7,9-10,13H,8,11-12H2,1H3,(H,23,25). The van der Waals surface area contributed by atoms with Crippen LogP contribution in [0.2, 0.25) is 0 Å². The lowest BCUT2D eigenvalue weighted by Gasteiger charge is -2.20. The predicted octanol–water partition coefficient (Wildman–Crippen LogP) is 3.28. The van der Waals surface area contributed by atoms with Crippen LogP contribution in [-0.4, -0.2) is 28.9 Å². The second-order valence-electron chi connectivity index (χ2n) is 6.97. The first-order valence-electron chi connectivity index (χ1n) is 9.16. The number of imidazole rings is 1. The molecule has 5 rings (SSSR count). The largest absolute Gasteiger partial charge is 0.482 e. The van der Waals surface area contributed by atoms with Crippen LogP contribution in [0.5, 0.6) is 17.2 Å². The van der Waals surface area contributed by atoms with E-state index in [0.29, 0.717) is 11.4 Å². The van der Waals surface area contributed by atoms with E-state index in [0.717, 1.165) is 35.0 Å². The van der Waals surface area contributed by atoms with Crippen LogP contribution >= 0.6 is 0 Å². The second kappa shape index (κ2) is 6.60. The Morgan fingerprint density at radius 2 is 1.96 bits per heavy atom. The van der Waals surface area contributed by atoms with E-state index in [4.69, 9.17) is 14.2 Å². The molecule has 28 heavy (non-hydrogen) atoms. The van der Waals surface area contributed by atoms with E-state index in [1.165, 1.54) is 0 Å². The summed E-state index contributed by atoms with van der Waals surface area (Å²) in [6.45, 7) is 2.47. The summed E-state index contributed by atoms with van der Waals surface area (Å²) < 4.78 is 18.3. The molecule has 7 heteroatoms. The molecule has 0 saturated heterocycles. The van der Waals surface area contributed by atoms with Gasteiger partial charge >= 0.3 is 0 Å². The average Bonchev–Trinajstić information content (AvgIpc) is 3.36. The van der Waals surface area contributed by atoms with E-state index in [1.54, 1.807) is 6.20 Å². The van der Waals surface area contributed by atoms with Crippen molar-refractivity contribution in [3.63, 3.8) is 0 Å². The molecule has 0 saturated carbocycles. The number of nitrogens with zero attached hydrogens (tertiary/aromatic N) is 2. The molecule has 0 fully saturated rings. The summed E-state index contributed by atoms with van der Waals surface area (Å²) in [5, 5.41) is 2.85. The monoisotopic (exact) mass is 377 g/mol. The van der Waals surface area contributed by atoms with Gasteiger partial charge in [0, 0.05) is 24.0 Å². The van der Waals surface area contributed by atoms with E-state index in [9.17, 15) is 4.79 Å². The topological polar surface area (TPSA) is 74.6 Å². The summed E-state index contributed by atoms with van der Waals surface area (Å²) in [6, 6.07) is 11.8. The minimum atomic E-state index is -0.147. The molecular weight excluding hydrogens is 358 g/mol. The highest BCUT2D eigenvalue weighted by Gasteiger charge is 2.20. The van der Waals surface area contributed by atoms with Gasteiger partial charge in [0.2, 0.25) is 6.79 Å². The summed E-state index contributed by atoms with van der Waals surface area (Å²) in [4.78, 5) is 16.2. The van der Waals surface area contributed by atoms with Crippen LogP contribution in [0.25, 0.3) is 5.69 Å². The highest BCUT2D eigenvalue weighted by Crippen LogP contribution is 2.35. The molecule has 1 amide bonds. The van der Waals surface area contributed by atoms with Gasteiger partial charge in [-0.1, -0.05) is 13.0 Å². The van der Waals surface area contributed by atoms with Gasteiger partial charge in [0.15, 0.2) is 18.1 Å². The molecule has 2 aliphatic rings. The minimum absolute atomic E-state index is 0.0508. The Morgan fingerprint density at radius 1 is 1.11 bits per heavy atom. The van der Waals surface area contributed by atoms with E-state index in [-0.39, 0.29) is 25.2 Å². The Morgan fingerprint density at radius 3 is 2.89 bits per heavy atom. The van der Waals surface area contributed by atoms with E-state index in [1.807, 2.05) is 41.1 Å². The van der Waals surface area contributed by atoms with Gasteiger partial charge in [-0.05, 0) is 42.3 Å². The van der Waals surface area contributed by atoms with Crippen LogP contribution in [0.3, 0.4) is 0 Å². The first-order chi connectivity index (χ1) is 13.7. The zero-order valence-corrected chi connectivity index (χ0v) is 15.3. The number of aromatic nitrogens is 2. The van der Waals surface area contributed by atoms with Crippen molar-refractivity contribution in [3.8, 4) is 22.9 Å². The van der Waals surface area contributed by atoms with Crippen molar-refractivity contribution in [2.45, 2.75) is 19.3 Å². The molecular formula is C21H19N3O4. The molecule has 7 nitrogen and oxygen atoms in total. The smallest absolute Gasteiger partial charge is 0.262 e. The number of hydrogen-bond donors (Lipinski definition) is 1. The highest BCUT2D eigenvalue weighted by molar-refractivity contribution is 5.95. The van der Waals surface area contributed by atoms with Gasteiger partial charge in [-0.3, -0.25) is 4.79 Å². The van der Waals surface area contributed by atoms with Gasteiger partial charge in [0.1, 0.15) is 11.6 Å². The number of hydrogen-bond acceptors (Lipinski definition) is 5. The Bertz CT molecular complexity index is 1060. The third kappa shape index (κ3) is 2.94. The molecule has 0 radical (unpaired) electrons. The molecule has 3 aromatic rings. The molecule has 142 valence electrons. The quantitative estimate of drug-likeness (QED) is 0.755. The van der Waals surface area contributed by atoms with Gasteiger partial charge in [-0.25, -0.2) is 4.98 Å². The van der Waals surface area contributed by atoms with E-state index < -0.39 is 0 Å². The summed E-state index contributed by atoms with van der Waals surface area (Å²) in [7, 11) is 0. The molecule has 1 aromatic heterocycles. The maximum Gasteiger partial charge on any atom is 0.262 e. The van der Waals surface area contributed by atoms with Crippen LogP contribution in [0.1, 0.15) is 24.2 Å². The summed E-state index contributed by atoms with van der Waals surface area (Å²) >= 11 is 0. The third-order valence-electron chi connectivity index (χ3n) is 4.96. The average molecular weight is 377 g/mol. The molecule has 1 unspecified atom stereocenters. The fraction of sp³-hybridized carbons (Fsp3) is 0.238. The van der Waals surface area contributed by atoms with Gasteiger partial charge in [-0.15, -0.1) is 0 Å². The van der Waals surface area contributed by atoms with Crippen molar-refractivity contribution in [2.24, 2.45) is 0 Å². The zero-order valence-electron chi connectivity index (χ0n) is 15.3. The van der Waals surface area contributed by atoms with Gasteiger partial charge in [0.25, 0.3) is 5.91 Å². The minimum Gasteiger partial charge on any atom is -0.482 e. The third-order valence-corrected chi connectivity index (χ3v) is 4.96. The molecule has 2 aliphatic heterocycles. The van der Waals surface area contributed by atoms with E-state index in [2.05, 4.69) is 23.3 Å². The summed E-state index contributed by atoms with van der Waals surface area (Å²) in [6.07, 6.45) is 4.54. The van der Waals surface area contributed by atoms with Crippen molar-refractivity contribution in [2.75, 3.05) is 18.7 Å². The summed E-state index contributed by atoms with van der Waals surface area (Å²) in [5.74, 6) is 3.23. The lowest BCUT2D eigenvalue weighted by atomic mass is 10.00. The molecule has 0 aliphatic carbocycles. The number of carbonyl (C=O) groups is 1. The first kappa shape index (κ1) is 16.7. The maximum absolute atomic E-state index is 11.6. The van der Waals surface area contributed by atoms with E-state index >= 15 is 0 Å². The van der Waals surface area contributed by atoms with Crippen LogP contribution in [-0.2, 0) is 11.2 Å². The van der Waals surface area contributed by atoms with Gasteiger partial charge in [0.05, 0.1) is 5.69 Å². The Balaban J connectivity index is 1.41. The number of fused-ring (bicyclic) bond motifs is 2. The fourth-order valence-electron chi connectivity index (χ4n) is 3.63. The Kier molecular flexibility index (Phi) is 3.93. The zero-order chi connectivity index (χ0) is 19.1. The lowest BCUT2D eigenvalue weighted by molar-refractivity contribution is -0.118. The SMILES string of the molecule is CC(Cc1ccc2c(c1)OCO2)c1nccn1-c1ccc2c(c1)NC(=O)CO2. The van der Waals surface area contributed by atoms with Crippen molar-refractivity contribution in [1.29, 1.82) is 0 Å². The number of anilines is 1. The first-order valence-corrected chi connectivity index (χ1v) is 9.16. The number of ether oxygens (including phenoxy) is 3. The van der Waals surface area contributed by atoms with Crippen molar-refractivity contribution < 1.29 is 19.0 Å². The number of carbonyl (C=O) groups excluding carboxylic acids is 1. The van der Waals surface area contributed by atoms with Crippen molar-refractivity contribution in [3.05, 3.63) is 60.2 Å². The van der Waals surface area contributed by atoms with Crippen LogP contribution < -0.4 is 19.5 Å². The van der Waals surface area contributed by atoms with Crippen molar-refractivity contribution in [1.82, 2.24) is 9.55 Å². The maximum atomic E-state index is 11.6. The molecule has 2 aromatic carbocycles. The number of rotatable bonds is 4. The number of nitrogens with one attached hydrogen (secondary N) is 1. The summed E-state index contributed by atoms with van der Waals surface area (Å²) in [5.41, 5.74) is 2.77. The van der Waals surface area contributed by atoms with Crippen molar-refractivity contribution >= 4 is 11.6 Å². The Labute approximate surface area is 161 Å². The van der Waals surface area contributed by atoms with Gasteiger partial charge < -0.3 is 24.1 Å². The second-order valence-corrected chi connectivity index (χ2v) is 6.97. The Hall–Kier alpha value is -3.48. The number of amides is 1. The number of benzene rings is 2. The predicted molar refractivity (Wildman–Crippen MR) is 102 cm³/mol. The molecule has 0 bridgehead atoms. The molecule has 0 spiro atoms. The lowest BCUT2D eigenvalue weighted by Crippen LogP contribution is -2.25. The highest BCUT2D eigenvalue weighted by atomic mass is 16.7. The fourth-order valence-corrected chi connectivity index (χ4v) is 3.63. The molecule has 1 N–H and O–H groups in total. The van der Waals surface area contributed by atoms with Crippen LogP contribution in [0.4, 0.5) is 5.69 Å².